The van der Waals surface area contributed by atoms with Gasteiger partial charge in [0, 0.05) is 6.04 Å². The Kier molecular flexibility index (Phi) is 5.74. The number of amides is 1. The second kappa shape index (κ2) is 7.83. The second-order valence-corrected chi connectivity index (χ2v) is 8.32. The van der Waals surface area contributed by atoms with E-state index in [-0.39, 0.29) is 24.4 Å². The lowest BCUT2D eigenvalue weighted by atomic mass is 9.95. The third-order valence-corrected chi connectivity index (χ3v) is 6.73. The van der Waals surface area contributed by atoms with Crippen molar-refractivity contribution >= 4 is 51.2 Å². The minimum Gasteiger partial charge on any atom is -0.348 e. The van der Waals surface area contributed by atoms with Crippen LogP contribution in [-0.2, 0) is 0 Å². The Morgan fingerprint density at radius 2 is 2.08 bits per heavy atom. The third kappa shape index (κ3) is 3.87. The smallest absolute Gasteiger partial charge is 0.261 e. The molecule has 4 rings (SSSR count). The summed E-state index contributed by atoms with van der Waals surface area (Å²) in [5.74, 6) is 0.498. The number of carbonyl (C=O) groups is 1. The van der Waals surface area contributed by atoms with Crippen LogP contribution < -0.4 is 10.6 Å². The van der Waals surface area contributed by atoms with E-state index in [0.717, 1.165) is 39.8 Å². The molecule has 1 aliphatic rings. The minimum absolute atomic E-state index is 0. The molecule has 1 saturated heterocycles. The van der Waals surface area contributed by atoms with Crippen molar-refractivity contribution in [3.63, 3.8) is 0 Å². The van der Waals surface area contributed by atoms with Gasteiger partial charge in [0.05, 0.1) is 20.0 Å². The predicted molar refractivity (Wildman–Crippen MR) is 108 cm³/mol. The van der Waals surface area contributed by atoms with Gasteiger partial charge < -0.3 is 10.6 Å². The number of hydrogen-bond donors (Lipinski definition) is 2. The molecule has 2 unspecified atom stereocenters. The number of piperidine rings is 1. The fourth-order valence-electron chi connectivity index (χ4n) is 3.02. The number of fused-ring (bicyclic) bond motifs is 1. The number of thiazole rings is 1. The lowest BCUT2D eigenvalue weighted by Gasteiger charge is -2.30. The molecule has 2 atom stereocenters. The molecule has 0 bridgehead atoms. The van der Waals surface area contributed by atoms with Crippen molar-refractivity contribution in [3.05, 3.63) is 41.3 Å². The van der Waals surface area contributed by atoms with Crippen LogP contribution >= 0.6 is 35.1 Å². The van der Waals surface area contributed by atoms with Crippen molar-refractivity contribution in [2.24, 2.45) is 5.92 Å². The number of nitrogens with one attached hydrogen (secondary N) is 2. The molecule has 1 aromatic carbocycles. The summed E-state index contributed by atoms with van der Waals surface area (Å²) in [5, 5.41) is 7.53. The SMILES string of the molecule is CC1CNCCC1NC(=O)c1ccc(-c2nc3ccccc3s2)s1.Cl. The van der Waals surface area contributed by atoms with Gasteiger partial charge in [-0.1, -0.05) is 19.1 Å². The number of benzene rings is 1. The van der Waals surface area contributed by atoms with Crippen molar-refractivity contribution in [1.82, 2.24) is 15.6 Å². The minimum atomic E-state index is 0. The van der Waals surface area contributed by atoms with E-state index >= 15 is 0 Å². The fraction of sp³-hybridized carbons (Fsp3) is 0.333. The van der Waals surface area contributed by atoms with Gasteiger partial charge in [-0.3, -0.25) is 4.79 Å². The van der Waals surface area contributed by atoms with E-state index in [9.17, 15) is 4.79 Å². The Hall–Kier alpha value is -1.47. The Labute approximate surface area is 161 Å². The molecule has 0 aliphatic carbocycles. The van der Waals surface area contributed by atoms with Crippen LogP contribution in [0.2, 0.25) is 0 Å². The zero-order valence-electron chi connectivity index (χ0n) is 13.8. The molecule has 132 valence electrons. The van der Waals surface area contributed by atoms with Gasteiger partial charge >= 0.3 is 0 Å². The Bertz CT molecular complexity index is 843. The van der Waals surface area contributed by atoms with Gasteiger partial charge in [0.15, 0.2) is 0 Å². The molecule has 0 radical (unpaired) electrons. The van der Waals surface area contributed by atoms with Crippen LogP contribution in [0.25, 0.3) is 20.1 Å². The number of aromatic nitrogens is 1. The Balaban J connectivity index is 0.00000182. The highest BCUT2D eigenvalue weighted by Gasteiger charge is 2.23. The van der Waals surface area contributed by atoms with Gasteiger partial charge in [-0.15, -0.1) is 35.1 Å². The molecule has 1 fully saturated rings. The molecule has 4 nitrogen and oxygen atoms in total. The van der Waals surface area contributed by atoms with Gasteiger partial charge in [-0.2, -0.15) is 0 Å². The highest BCUT2D eigenvalue weighted by Crippen LogP contribution is 2.34. The molecule has 1 aliphatic heterocycles. The van der Waals surface area contributed by atoms with Crippen LogP contribution in [-0.4, -0.2) is 30.0 Å². The largest absolute Gasteiger partial charge is 0.348 e. The van der Waals surface area contributed by atoms with Gasteiger partial charge in [0.2, 0.25) is 0 Å². The predicted octanol–water partition coefficient (Wildman–Crippen LogP) is 4.17. The quantitative estimate of drug-likeness (QED) is 0.702. The maximum Gasteiger partial charge on any atom is 0.261 e. The number of nitrogens with zero attached hydrogens (tertiary/aromatic N) is 1. The standard InChI is InChI=1S/C18H19N3OS2.ClH/c1-11-10-19-9-8-12(11)20-17(22)15-6-7-16(23-15)18-21-13-4-2-3-5-14(13)24-18;/h2-7,11-12,19H,8-10H2,1H3,(H,20,22);1H. The topological polar surface area (TPSA) is 54.0 Å². The summed E-state index contributed by atoms with van der Waals surface area (Å²) in [7, 11) is 0. The molecule has 7 heteroatoms. The zero-order valence-corrected chi connectivity index (χ0v) is 16.3. The fourth-order valence-corrected chi connectivity index (χ4v) is 4.95. The highest BCUT2D eigenvalue weighted by molar-refractivity contribution is 7.26. The zero-order chi connectivity index (χ0) is 16.5. The van der Waals surface area contributed by atoms with Crippen LogP contribution in [0.5, 0.6) is 0 Å². The molecule has 3 aromatic rings. The van der Waals surface area contributed by atoms with Crippen LogP contribution in [0, 0.1) is 5.92 Å². The maximum atomic E-state index is 12.5. The van der Waals surface area contributed by atoms with Crippen molar-refractivity contribution in [1.29, 1.82) is 0 Å². The average molecular weight is 394 g/mol. The first-order valence-corrected chi connectivity index (χ1v) is 9.81. The summed E-state index contributed by atoms with van der Waals surface area (Å²) in [5.41, 5.74) is 1.01. The third-order valence-electron chi connectivity index (χ3n) is 4.44. The van der Waals surface area contributed by atoms with E-state index in [1.807, 2.05) is 30.3 Å². The second-order valence-electron chi connectivity index (χ2n) is 6.20. The lowest BCUT2D eigenvalue weighted by Crippen LogP contribution is -2.48. The molecule has 2 aromatic heterocycles. The molecular weight excluding hydrogens is 374 g/mol. The summed E-state index contributed by atoms with van der Waals surface area (Å²) in [6, 6.07) is 12.3. The maximum absolute atomic E-state index is 12.5. The number of hydrogen-bond acceptors (Lipinski definition) is 5. The lowest BCUT2D eigenvalue weighted by molar-refractivity contribution is 0.0918. The van der Waals surface area contributed by atoms with Gasteiger partial charge in [0.25, 0.3) is 5.91 Å². The summed E-state index contributed by atoms with van der Waals surface area (Å²) in [6.45, 7) is 4.11. The van der Waals surface area contributed by atoms with Crippen molar-refractivity contribution in [3.8, 4) is 9.88 Å². The molecule has 3 heterocycles. The van der Waals surface area contributed by atoms with Crippen molar-refractivity contribution in [2.45, 2.75) is 19.4 Å². The van der Waals surface area contributed by atoms with Crippen LogP contribution in [0.3, 0.4) is 0 Å². The molecule has 1 amide bonds. The van der Waals surface area contributed by atoms with E-state index < -0.39 is 0 Å². The van der Waals surface area contributed by atoms with Gasteiger partial charge in [0.1, 0.15) is 5.01 Å². The van der Waals surface area contributed by atoms with Crippen molar-refractivity contribution < 1.29 is 4.79 Å². The summed E-state index contributed by atoms with van der Waals surface area (Å²) < 4.78 is 1.18. The number of thiophene rings is 1. The number of rotatable bonds is 3. The van der Waals surface area contributed by atoms with Gasteiger partial charge in [-0.25, -0.2) is 4.98 Å². The van der Waals surface area contributed by atoms with E-state index in [1.54, 1.807) is 11.3 Å². The van der Waals surface area contributed by atoms with Crippen LogP contribution in [0.4, 0.5) is 0 Å². The monoisotopic (exact) mass is 393 g/mol. The molecule has 0 spiro atoms. The average Bonchev–Trinajstić information content (AvgIpc) is 3.23. The number of halogens is 1. The van der Waals surface area contributed by atoms with Gasteiger partial charge in [-0.05, 0) is 49.7 Å². The van der Waals surface area contributed by atoms with Crippen molar-refractivity contribution in [2.75, 3.05) is 13.1 Å². The van der Waals surface area contributed by atoms with E-state index in [2.05, 4.69) is 28.6 Å². The normalized spacial score (nSPS) is 20.2. The highest BCUT2D eigenvalue weighted by atomic mass is 35.5. The Morgan fingerprint density at radius 1 is 1.24 bits per heavy atom. The van der Waals surface area contributed by atoms with E-state index in [1.165, 1.54) is 16.0 Å². The summed E-state index contributed by atoms with van der Waals surface area (Å²) >= 11 is 3.19. The molecule has 2 N–H and O–H groups in total. The van der Waals surface area contributed by atoms with E-state index in [4.69, 9.17) is 0 Å². The molecular formula is C18H20ClN3OS2. The summed E-state index contributed by atoms with van der Waals surface area (Å²) in [4.78, 5) is 19.0. The number of para-hydroxylation sites is 1. The van der Waals surface area contributed by atoms with E-state index in [0.29, 0.717) is 5.92 Å². The molecule has 0 saturated carbocycles. The first-order chi connectivity index (χ1) is 11.7. The summed E-state index contributed by atoms with van der Waals surface area (Å²) in [6.07, 6.45) is 0.989. The first kappa shape index (κ1) is 18.3. The molecule has 25 heavy (non-hydrogen) atoms. The number of carbonyl (C=O) groups excluding carboxylic acids is 1. The van der Waals surface area contributed by atoms with Crippen LogP contribution in [0.1, 0.15) is 23.0 Å². The Morgan fingerprint density at radius 3 is 2.88 bits per heavy atom. The van der Waals surface area contributed by atoms with Crippen LogP contribution in [0.15, 0.2) is 36.4 Å². The first-order valence-electron chi connectivity index (χ1n) is 8.18.